The summed E-state index contributed by atoms with van der Waals surface area (Å²) in [6, 6.07) is 6.72. The second-order valence-corrected chi connectivity index (χ2v) is 5.04. The van der Waals surface area contributed by atoms with Gasteiger partial charge in [0.2, 0.25) is 0 Å². The van der Waals surface area contributed by atoms with Crippen LogP contribution in [0.1, 0.15) is 5.56 Å². The smallest absolute Gasteiger partial charge is 0.151 e. The van der Waals surface area contributed by atoms with Gasteiger partial charge in [-0.25, -0.2) is 13.8 Å². The van der Waals surface area contributed by atoms with Gasteiger partial charge in [-0.1, -0.05) is 6.58 Å². The fourth-order valence-electron chi connectivity index (χ4n) is 2.13. The Bertz CT molecular complexity index is 746. The highest BCUT2D eigenvalue weighted by Crippen LogP contribution is 2.17. The number of nitrogen functional groups attached to an aromatic ring is 1. The van der Waals surface area contributed by atoms with E-state index in [0.29, 0.717) is 24.6 Å². The summed E-state index contributed by atoms with van der Waals surface area (Å²) in [5.74, 6) is -0.248. The lowest BCUT2D eigenvalue weighted by atomic mass is 10.2. The Morgan fingerprint density at radius 1 is 1.42 bits per heavy atom. The maximum absolute atomic E-state index is 13.9. The topological polar surface area (TPSA) is 66.5 Å². The zero-order valence-corrected chi connectivity index (χ0v) is 13.3. The number of hydrogen-bond acceptors (Lipinski definition) is 4. The second-order valence-electron chi connectivity index (χ2n) is 5.04. The number of likely N-dealkylation sites (N-methyl/N-ethyl adjacent to an activating group) is 1. The van der Waals surface area contributed by atoms with Crippen LogP contribution in [0.4, 0.5) is 20.3 Å². The molecule has 0 radical (unpaired) electrons. The third-order valence-electron chi connectivity index (χ3n) is 3.31. The molecule has 126 valence electrons. The van der Waals surface area contributed by atoms with Crippen molar-refractivity contribution in [3.05, 3.63) is 66.5 Å². The molecule has 0 atom stereocenters. The molecule has 24 heavy (non-hydrogen) atoms. The highest BCUT2D eigenvalue weighted by atomic mass is 19.1. The minimum atomic E-state index is -0.563. The SMILES string of the molecule is C=CNC(=NCCN(C)c1ncccc1N)c1cc(F)ccc1F. The molecular weight excluding hydrogens is 312 g/mol. The van der Waals surface area contributed by atoms with Crippen LogP contribution in [0.3, 0.4) is 0 Å². The first-order valence-corrected chi connectivity index (χ1v) is 7.32. The molecule has 2 rings (SSSR count). The minimum Gasteiger partial charge on any atom is -0.396 e. The van der Waals surface area contributed by atoms with Gasteiger partial charge in [-0.2, -0.15) is 0 Å². The van der Waals surface area contributed by atoms with Gasteiger partial charge < -0.3 is 16.0 Å². The van der Waals surface area contributed by atoms with Gasteiger partial charge >= 0.3 is 0 Å². The van der Waals surface area contributed by atoms with Gasteiger partial charge in [-0.05, 0) is 36.5 Å². The van der Waals surface area contributed by atoms with E-state index in [0.717, 1.165) is 18.2 Å². The van der Waals surface area contributed by atoms with Crippen LogP contribution in [0.25, 0.3) is 0 Å². The van der Waals surface area contributed by atoms with Crippen molar-refractivity contribution in [3.63, 3.8) is 0 Å². The molecule has 1 aromatic carbocycles. The summed E-state index contributed by atoms with van der Waals surface area (Å²) in [4.78, 5) is 10.3. The van der Waals surface area contributed by atoms with Crippen LogP contribution in [0.15, 0.2) is 54.3 Å². The quantitative estimate of drug-likeness (QED) is 0.631. The first kappa shape index (κ1) is 17.4. The normalized spacial score (nSPS) is 11.2. The number of nitrogens with two attached hydrogens (primary N) is 1. The van der Waals surface area contributed by atoms with Crippen molar-refractivity contribution in [1.29, 1.82) is 0 Å². The summed E-state index contributed by atoms with van der Waals surface area (Å²) >= 11 is 0. The molecule has 7 heteroatoms. The molecule has 0 aliphatic heterocycles. The van der Waals surface area contributed by atoms with E-state index < -0.39 is 11.6 Å². The third-order valence-corrected chi connectivity index (χ3v) is 3.31. The van der Waals surface area contributed by atoms with Gasteiger partial charge in [0.15, 0.2) is 5.82 Å². The van der Waals surface area contributed by atoms with Gasteiger partial charge in [0.05, 0.1) is 17.8 Å². The highest BCUT2D eigenvalue weighted by Gasteiger charge is 2.11. The van der Waals surface area contributed by atoms with E-state index in [4.69, 9.17) is 5.73 Å². The molecule has 0 fully saturated rings. The van der Waals surface area contributed by atoms with Crippen LogP contribution in [0.5, 0.6) is 0 Å². The lowest BCUT2D eigenvalue weighted by molar-refractivity contribution is 0.597. The molecule has 3 N–H and O–H groups in total. The van der Waals surface area contributed by atoms with Crippen molar-refractivity contribution in [3.8, 4) is 0 Å². The highest BCUT2D eigenvalue weighted by molar-refractivity contribution is 5.99. The van der Waals surface area contributed by atoms with Crippen molar-refractivity contribution >= 4 is 17.3 Å². The van der Waals surface area contributed by atoms with E-state index >= 15 is 0 Å². The Morgan fingerprint density at radius 3 is 2.92 bits per heavy atom. The summed E-state index contributed by atoms with van der Waals surface area (Å²) in [6.45, 7) is 4.37. The van der Waals surface area contributed by atoms with Crippen molar-refractivity contribution < 1.29 is 8.78 Å². The lowest BCUT2D eigenvalue weighted by Gasteiger charge is -2.18. The number of aliphatic imine (C=N–C) groups is 1. The number of nitrogens with zero attached hydrogens (tertiary/aromatic N) is 3. The van der Waals surface area contributed by atoms with E-state index in [1.807, 2.05) is 11.9 Å². The molecular formula is C17H19F2N5. The van der Waals surface area contributed by atoms with Gasteiger partial charge in [0.1, 0.15) is 17.5 Å². The summed E-state index contributed by atoms with van der Waals surface area (Å²) in [7, 11) is 1.83. The number of pyridine rings is 1. The largest absolute Gasteiger partial charge is 0.396 e. The Kier molecular flexibility index (Phi) is 5.83. The number of nitrogens with one attached hydrogen (secondary N) is 1. The van der Waals surface area contributed by atoms with Crippen molar-refractivity contribution in [2.75, 3.05) is 30.8 Å². The number of rotatable bonds is 6. The van der Waals surface area contributed by atoms with Gasteiger partial charge in [-0.3, -0.25) is 4.99 Å². The average Bonchev–Trinajstić information content (AvgIpc) is 2.56. The molecule has 0 saturated carbocycles. The first-order chi connectivity index (χ1) is 11.5. The summed E-state index contributed by atoms with van der Waals surface area (Å²) in [5, 5.41) is 2.74. The number of benzene rings is 1. The summed E-state index contributed by atoms with van der Waals surface area (Å²) < 4.78 is 27.2. The van der Waals surface area contributed by atoms with E-state index in [9.17, 15) is 8.78 Å². The molecule has 0 unspecified atom stereocenters. The number of hydrogen-bond donors (Lipinski definition) is 2. The first-order valence-electron chi connectivity index (χ1n) is 7.32. The molecule has 0 bridgehead atoms. The van der Waals surface area contributed by atoms with Crippen molar-refractivity contribution in [2.24, 2.45) is 4.99 Å². The third kappa shape index (κ3) is 4.28. The predicted octanol–water partition coefficient (Wildman–Crippen LogP) is 2.56. The monoisotopic (exact) mass is 331 g/mol. The van der Waals surface area contributed by atoms with Gasteiger partial charge in [0, 0.05) is 19.8 Å². The van der Waals surface area contributed by atoms with Crippen LogP contribution < -0.4 is 16.0 Å². The van der Waals surface area contributed by atoms with Gasteiger partial charge in [0.25, 0.3) is 0 Å². The van der Waals surface area contributed by atoms with E-state index in [1.165, 1.54) is 6.20 Å². The Morgan fingerprint density at radius 2 is 2.21 bits per heavy atom. The van der Waals surface area contributed by atoms with Crippen molar-refractivity contribution in [2.45, 2.75) is 0 Å². The molecule has 0 aliphatic carbocycles. The molecule has 5 nitrogen and oxygen atoms in total. The Labute approximate surface area is 139 Å². The number of aromatic nitrogens is 1. The van der Waals surface area contributed by atoms with Crippen LogP contribution in [0, 0.1) is 11.6 Å². The van der Waals surface area contributed by atoms with E-state index in [2.05, 4.69) is 21.9 Å². The Hall–Kier alpha value is -2.96. The second kappa shape index (κ2) is 8.05. The molecule has 0 aliphatic rings. The maximum atomic E-state index is 13.9. The molecule has 0 saturated heterocycles. The summed E-state index contributed by atoms with van der Waals surface area (Å²) in [6.07, 6.45) is 3.02. The van der Waals surface area contributed by atoms with Crippen LogP contribution >= 0.6 is 0 Å². The predicted molar refractivity (Wildman–Crippen MR) is 93.0 cm³/mol. The molecule has 1 heterocycles. The average molecular weight is 331 g/mol. The van der Waals surface area contributed by atoms with E-state index in [1.54, 1.807) is 18.3 Å². The van der Waals surface area contributed by atoms with E-state index in [-0.39, 0.29) is 11.4 Å². The van der Waals surface area contributed by atoms with Crippen LogP contribution in [-0.4, -0.2) is 31.0 Å². The molecule has 0 spiro atoms. The number of amidine groups is 1. The number of halogens is 2. The molecule has 1 aromatic heterocycles. The molecule has 2 aromatic rings. The van der Waals surface area contributed by atoms with Crippen LogP contribution in [0.2, 0.25) is 0 Å². The standard InChI is InChI=1S/C17H19F2N5/c1-3-21-16(13-11-12(18)6-7-14(13)19)22-9-10-24(2)17-15(20)5-4-8-23-17/h3-8,11H,1,9-10,20H2,2H3,(H,21,22). The zero-order chi connectivity index (χ0) is 17.5. The fraction of sp³-hybridized carbons (Fsp3) is 0.176. The Balaban J connectivity index is 2.13. The fourth-order valence-corrected chi connectivity index (χ4v) is 2.13. The lowest BCUT2D eigenvalue weighted by Crippen LogP contribution is -2.25. The zero-order valence-electron chi connectivity index (χ0n) is 13.3. The molecule has 0 amide bonds. The minimum absolute atomic E-state index is 0.0508. The van der Waals surface area contributed by atoms with Gasteiger partial charge in [-0.15, -0.1) is 0 Å². The van der Waals surface area contributed by atoms with Crippen molar-refractivity contribution in [1.82, 2.24) is 10.3 Å². The summed E-state index contributed by atoms with van der Waals surface area (Å²) in [5.41, 5.74) is 6.48. The maximum Gasteiger partial charge on any atom is 0.151 e. The van der Waals surface area contributed by atoms with Crippen LogP contribution in [-0.2, 0) is 0 Å². The number of anilines is 2.